The van der Waals surface area contributed by atoms with Crippen LogP contribution in [0.3, 0.4) is 0 Å². The van der Waals surface area contributed by atoms with Gasteiger partial charge in [-0.3, -0.25) is 4.79 Å². The van der Waals surface area contributed by atoms with Crippen molar-refractivity contribution in [3.8, 4) is 5.75 Å². The van der Waals surface area contributed by atoms with Crippen LogP contribution in [-0.2, 0) is 17.9 Å². The minimum Gasteiger partial charge on any atom is -0.487 e. The summed E-state index contributed by atoms with van der Waals surface area (Å²) in [6.45, 7) is 2.49. The topological polar surface area (TPSA) is 58.6 Å². The molecule has 4 nitrogen and oxygen atoms in total. The van der Waals surface area contributed by atoms with E-state index in [1.165, 1.54) is 0 Å². The molecule has 2 rings (SSSR count). The highest BCUT2D eigenvalue weighted by molar-refractivity contribution is 6.32. The molecule has 2 aromatic carbocycles. The summed E-state index contributed by atoms with van der Waals surface area (Å²) in [7, 11) is 0. The minimum atomic E-state index is -0.881. The predicted molar refractivity (Wildman–Crippen MR) is 86.2 cm³/mol. The van der Waals surface area contributed by atoms with E-state index in [1.54, 1.807) is 19.1 Å². The lowest BCUT2D eigenvalue weighted by molar-refractivity contribution is -0.139. The van der Waals surface area contributed by atoms with Crippen LogP contribution in [0.25, 0.3) is 0 Å². The van der Waals surface area contributed by atoms with Gasteiger partial charge in [-0.15, -0.1) is 0 Å². The third-order valence-electron chi connectivity index (χ3n) is 3.22. The van der Waals surface area contributed by atoms with Crippen LogP contribution in [0.4, 0.5) is 0 Å². The van der Waals surface area contributed by atoms with Crippen LogP contribution < -0.4 is 10.1 Å². The lowest BCUT2D eigenvalue weighted by Crippen LogP contribution is -2.33. The Balaban J connectivity index is 1.93. The molecule has 0 saturated heterocycles. The second-order valence-corrected chi connectivity index (χ2v) is 5.39. The number of hydrogen-bond acceptors (Lipinski definition) is 3. The molecule has 2 aromatic rings. The van der Waals surface area contributed by atoms with Crippen molar-refractivity contribution in [1.29, 1.82) is 0 Å². The van der Waals surface area contributed by atoms with Crippen molar-refractivity contribution in [2.24, 2.45) is 0 Å². The van der Waals surface area contributed by atoms with Crippen LogP contribution in [0.5, 0.6) is 5.75 Å². The molecule has 0 aliphatic heterocycles. The number of nitrogens with one attached hydrogen (secondary N) is 1. The number of carboxylic acid groups (broad SMARTS) is 1. The van der Waals surface area contributed by atoms with Gasteiger partial charge >= 0.3 is 5.97 Å². The zero-order chi connectivity index (χ0) is 15.9. The highest BCUT2D eigenvalue weighted by Crippen LogP contribution is 2.26. The van der Waals surface area contributed by atoms with Gasteiger partial charge in [0, 0.05) is 6.54 Å². The highest BCUT2D eigenvalue weighted by Gasteiger charge is 2.10. The normalized spacial score (nSPS) is 11.9. The van der Waals surface area contributed by atoms with Crippen molar-refractivity contribution < 1.29 is 14.6 Å². The molecule has 1 atom stereocenters. The second-order valence-electron chi connectivity index (χ2n) is 4.98. The minimum absolute atomic E-state index is 0.437. The van der Waals surface area contributed by atoms with Crippen molar-refractivity contribution in [2.75, 3.05) is 0 Å². The molecule has 2 N–H and O–H groups in total. The molecule has 0 aromatic heterocycles. The van der Waals surface area contributed by atoms with Crippen LogP contribution >= 0.6 is 11.6 Å². The molecule has 22 heavy (non-hydrogen) atoms. The Bertz CT molecular complexity index is 631. The first-order chi connectivity index (χ1) is 10.6. The summed E-state index contributed by atoms with van der Waals surface area (Å²) < 4.78 is 5.70. The van der Waals surface area contributed by atoms with Crippen LogP contribution in [0.15, 0.2) is 48.5 Å². The summed E-state index contributed by atoms with van der Waals surface area (Å²) in [6.07, 6.45) is 0. The zero-order valence-electron chi connectivity index (χ0n) is 12.3. The Morgan fingerprint density at radius 3 is 2.59 bits per heavy atom. The smallest absolute Gasteiger partial charge is 0.320 e. The zero-order valence-corrected chi connectivity index (χ0v) is 13.0. The van der Waals surface area contributed by atoms with Crippen molar-refractivity contribution in [1.82, 2.24) is 5.32 Å². The van der Waals surface area contributed by atoms with Gasteiger partial charge in [-0.2, -0.15) is 0 Å². The summed E-state index contributed by atoms with van der Waals surface area (Å²) >= 11 is 6.20. The number of aliphatic carboxylic acids is 1. The van der Waals surface area contributed by atoms with E-state index in [2.05, 4.69) is 5.32 Å². The summed E-state index contributed by atoms with van der Waals surface area (Å²) in [5, 5.41) is 12.2. The third kappa shape index (κ3) is 4.76. The fourth-order valence-electron chi connectivity index (χ4n) is 1.86. The number of rotatable bonds is 7. The third-order valence-corrected chi connectivity index (χ3v) is 3.51. The number of benzene rings is 2. The Morgan fingerprint density at radius 1 is 1.23 bits per heavy atom. The summed E-state index contributed by atoms with van der Waals surface area (Å²) in [6, 6.07) is 14.7. The van der Waals surface area contributed by atoms with Crippen molar-refractivity contribution in [3.05, 3.63) is 64.7 Å². The standard InChI is InChI=1S/C17H18ClNO3/c1-12(17(20)21)19-10-14-7-8-16(15(18)9-14)22-11-13-5-3-2-4-6-13/h2-9,12,19H,10-11H2,1H3,(H,20,21). The molecular formula is C17H18ClNO3. The average molecular weight is 320 g/mol. The number of carboxylic acids is 1. The van der Waals surface area contributed by atoms with Crippen LogP contribution in [0, 0.1) is 0 Å². The molecular weight excluding hydrogens is 302 g/mol. The lowest BCUT2D eigenvalue weighted by atomic mass is 10.2. The Hall–Kier alpha value is -2.04. The van der Waals surface area contributed by atoms with Gasteiger partial charge in [0.1, 0.15) is 18.4 Å². The number of hydrogen-bond donors (Lipinski definition) is 2. The van der Waals surface area contributed by atoms with Gasteiger partial charge in [-0.05, 0) is 30.2 Å². The van der Waals surface area contributed by atoms with Gasteiger partial charge in [0.05, 0.1) is 5.02 Å². The molecule has 116 valence electrons. The number of ether oxygens (including phenoxy) is 1. The maximum Gasteiger partial charge on any atom is 0.320 e. The predicted octanol–water partition coefficient (Wildman–Crippen LogP) is 3.48. The van der Waals surface area contributed by atoms with Crippen LogP contribution in [0.1, 0.15) is 18.1 Å². The van der Waals surface area contributed by atoms with E-state index >= 15 is 0 Å². The first-order valence-electron chi connectivity index (χ1n) is 6.97. The molecule has 0 fully saturated rings. The summed E-state index contributed by atoms with van der Waals surface area (Å²) in [5.74, 6) is -0.269. The van der Waals surface area contributed by atoms with E-state index < -0.39 is 12.0 Å². The second kappa shape index (κ2) is 7.82. The first-order valence-corrected chi connectivity index (χ1v) is 7.35. The molecule has 0 bridgehead atoms. The molecule has 0 aliphatic carbocycles. The van der Waals surface area contributed by atoms with E-state index in [9.17, 15) is 4.79 Å². The van der Waals surface area contributed by atoms with Crippen molar-refractivity contribution >= 4 is 17.6 Å². The SMILES string of the molecule is CC(NCc1ccc(OCc2ccccc2)c(Cl)c1)C(=O)O. The van der Waals surface area contributed by atoms with Gasteiger partial charge in [0.2, 0.25) is 0 Å². The van der Waals surface area contributed by atoms with Gasteiger partial charge in [0.15, 0.2) is 0 Å². The number of carbonyl (C=O) groups is 1. The maximum atomic E-state index is 10.8. The van der Waals surface area contributed by atoms with Crippen molar-refractivity contribution in [2.45, 2.75) is 26.1 Å². The Kier molecular flexibility index (Phi) is 5.81. The highest BCUT2D eigenvalue weighted by atomic mass is 35.5. The monoisotopic (exact) mass is 319 g/mol. The van der Waals surface area contributed by atoms with Crippen LogP contribution in [0.2, 0.25) is 5.02 Å². The molecule has 0 aliphatic rings. The van der Waals surface area contributed by atoms with Crippen molar-refractivity contribution in [3.63, 3.8) is 0 Å². The lowest BCUT2D eigenvalue weighted by Gasteiger charge is -2.12. The molecule has 1 unspecified atom stereocenters. The quantitative estimate of drug-likeness (QED) is 0.820. The first kappa shape index (κ1) is 16.3. The Morgan fingerprint density at radius 2 is 1.95 bits per heavy atom. The van der Waals surface area contributed by atoms with Gasteiger partial charge in [-0.25, -0.2) is 0 Å². The van der Waals surface area contributed by atoms with E-state index in [4.69, 9.17) is 21.4 Å². The van der Waals surface area contributed by atoms with E-state index in [-0.39, 0.29) is 0 Å². The molecule has 0 heterocycles. The van der Waals surface area contributed by atoms with E-state index in [0.717, 1.165) is 11.1 Å². The molecule has 0 spiro atoms. The fourth-order valence-corrected chi connectivity index (χ4v) is 2.12. The molecule has 0 amide bonds. The summed E-state index contributed by atoms with van der Waals surface area (Å²) in [4.78, 5) is 10.8. The van der Waals surface area contributed by atoms with E-state index in [1.807, 2.05) is 36.4 Å². The molecule has 5 heteroatoms. The van der Waals surface area contributed by atoms with Gasteiger partial charge < -0.3 is 15.2 Å². The van der Waals surface area contributed by atoms with Gasteiger partial charge in [-0.1, -0.05) is 48.0 Å². The molecule has 0 saturated carbocycles. The largest absolute Gasteiger partial charge is 0.487 e. The summed E-state index contributed by atoms with van der Waals surface area (Å²) in [5.41, 5.74) is 1.98. The average Bonchev–Trinajstić information content (AvgIpc) is 2.52. The van der Waals surface area contributed by atoms with Gasteiger partial charge in [0.25, 0.3) is 0 Å². The van der Waals surface area contributed by atoms with Crippen LogP contribution in [-0.4, -0.2) is 17.1 Å². The number of halogens is 1. The maximum absolute atomic E-state index is 10.8. The Labute approximate surface area is 134 Å². The molecule has 0 radical (unpaired) electrons. The van der Waals surface area contributed by atoms with E-state index in [0.29, 0.717) is 23.9 Å². The fraction of sp³-hybridized carbons (Fsp3) is 0.235.